The van der Waals surface area contributed by atoms with Crippen LogP contribution in [-0.4, -0.2) is 45.1 Å². The Bertz CT molecular complexity index is 136. The van der Waals surface area contributed by atoms with Crippen molar-refractivity contribution < 1.29 is 19.0 Å². The normalized spacial score (nSPS) is 10.5. The van der Waals surface area contributed by atoms with Crippen molar-refractivity contribution in [2.45, 2.75) is 12.7 Å². The average Bonchev–Trinajstić information content (AvgIpc) is 2.18. The Labute approximate surface area is 82.9 Å². The summed E-state index contributed by atoms with van der Waals surface area (Å²) < 4.78 is 14.4. The zero-order chi connectivity index (χ0) is 10.1. The number of thioether (sulfide) groups is 1. The molecule has 0 radical (unpaired) electrons. The molecule has 0 atom stereocenters. The van der Waals surface area contributed by atoms with Gasteiger partial charge in [-0.2, -0.15) is 11.8 Å². The van der Waals surface area contributed by atoms with Gasteiger partial charge < -0.3 is 14.2 Å². The van der Waals surface area contributed by atoms with E-state index in [4.69, 9.17) is 9.47 Å². The van der Waals surface area contributed by atoms with E-state index in [-0.39, 0.29) is 12.3 Å². The monoisotopic (exact) mass is 208 g/mol. The first-order chi connectivity index (χ1) is 6.24. The Morgan fingerprint density at radius 1 is 1.31 bits per heavy atom. The molecule has 0 rings (SSSR count). The van der Waals surface area contributed by atoms with Gasteiger partial charge in [0, 0.05) is 25.7 Å². The van der Waals surface area contributed by atoms with E-state index in [1.54, 1.807) is 26.0 Å². The van der Waals surface area contributed by atoms with Crippen LogP contribution in [0.2, 0.25) is 0 Å². The van der Waals surface area contributed by atoms with Gasteiger partial charge in [0.2, 0.25) is 0 Å². The van der Waals surface area contributed by atoms with E-state index in [9.17, 15) is 4.79 Å². The Morgan fingerprint density at radius 3 is 2.38 bits per heavy atom. The summed E-state index contributed by atoms with van der Waals surface area (Å²) >= 11 is 1.60. The lowest BCUT2D eigenvalue weighted by molar-refractivity contribution is -0.140. The first-order valence-corrected chi connectivity index (χ1v) is 5.10. The second-order valence-corrected chi connectivity index (χ2v) is 3.45. The largest absolute Gasteiger partial charge is 0.469 e. The summed E-state index contributed by atoms with van der Waals surface area (Å²) in [5.74, 6) is 1.28. The molecule has 0 aliphatic heterocycles. The minimum absolute atomic E-state index is 0.182. The molecule has 0 aromatic rings. The summed E-state index contributed by atoms with van der Waals surface area (Å²) in [6.45, 7) is 0. The Hall–Kier alpha value is -0.260. The van der Waals surface area contributed by atoms with Crippen LogP contribution in [-0.2, 0) is 19.0 Å². The second-order valence-electron chi connectivity index (χ2n) is 2.30. The first-order valence-electron chi connectivity index (χ1n) is 3.94. The summed E-state index contributed by atoms with van der Waals surface area (Å²) in [6.07, 6.45) is 0.240. The molecule has 0 aromatic carbocycles. The summed E-state index contributed by atoms with van der Waals surface area (Å²) in [5.41, 5.74) is 0. The van der Waals surface area contributed by atoms with Crippen LogP contribution in [0.15, 0.2) is 0 Å². The molecule has 0 unspecified atom stereocenters. The lowest BCUT2D eigenvalue weighted by Gasteiger charge is -2.11. The van der Waals surface area contributed by atoms with E-state index in [2.05, 4.69) is 4.74 Å². The van der Waals surface area contributed by atoms with E-state index in [1.807, 2.05) is 0 Å². The van der Waals surface area contributed by atoms with Crippen LogP contribution >= 0.6 is 11.8 Å². The molecule has 4 nitrogen and oxygen atoms in total. The number of rotatable bonds is 7. The molecule has 0 amide bonds. The molecule has 0 fully saturated rings. The van der Waals surface area contributed by atoms with E-state index in [0.29, 0.717) is 6.42 Å². The van der Waals surface area contributed by atoms with Crippen molar-refractivity contribution in [3.8, 4) is 0 Å². The zero-order valence-electron chi connectivity index (χ0n) is 8.24. The van der Waals surface area contributed by atoms with Gasteiger partial charge in [0.1, 0.15) is 0 Å². The van der Waals surface area contributed by atoms with Crippen molar-refractivity contribution in [2.75, 3.05) is 32.8 Å². The van der Waals surface area contributed by atoms with Gasteiger partial charge >= 0.3 is 5.97 Å². The van der Waals surface area contributed by atoms with Crippen molar-refractivity contribution >= 4 is 17.7 Å². The van der Waals surface area contributed by atoms with Crippen LogP contribution in [0.4, 0.5) is 0 Å². The molecule has 0 heterocycles. The van der Waals surface area contributed by atoms with Gasteiger partial charge in [-0.3, -0.25) is 4.79 Å². The molecule has 0 bridgehead atoms. The lowest BCUT2D eigenvalue weighted by atomic mass is 10.5. The zero-order valence-corrected chi connectivity index (χ0v) is 9.06. The van der Waals surface area contributed by atoms with Crippen molar-refractivity contribution in [3.05, 3.63) is 0 Å². The predicted molar refractivity (Wildman–Crippen MR) is 51.8 cm³/mol. The Morgan fingerprint density at radius 2 is 1.92 bits per heavy atom. The quantitative estimate of drug-likeness (QED) is 0.353. The fourth-order valence-electron chi connectivity index (χ4n) is 0.669. The van der Waals surface area contributed by atoms with E-state index in [0.717, 1.165) is 11.5 Å². The first kappa shape index (κ1) is 12.7. The molecule has 0 aliphatic rings. The maximum Gasteiger partial charge on any atom is 0.306 e. The SMILES string of the molecule is COC(=O)CCSCC(OC)OC. The van der Waals surface area contributed by atoms with Gasteiger partial charge in [0.05, 0.1) is 13.5 Å². The van der Waals surface area contributed by atoms with Crippen LogP contribution in [0, 0.1) is 0 Å². The van der Waals surface area contributed by atoms with E-state index in [1.165, 1.54) is 7.11 Å². The van der Waals surface area contributed by atoms with Gasteiger partial charge in [-0.1, -0.05) is 0 Å². The summed E-state index contributed by atoms with van der Waals surface area (Å²) in [6, 6.07) is 0. The third-order valence-corrected chi connectivity index (χ3v) is 2.46. The average molecular weight is 208 g/mol. The van der Waals surface area contributed by atoms with Gasteiger partial charge in [-0.25, -0.2) is 0 Å². The standard InChI is InChI=1S/C8H16O4S/c1-10-7(9)4-5-13-6-8(11-2)12-3/h8H,4-6H2,1-3H3. The van der Waals surface area contributed by atoms with Gasteiger partial charge in [0.25, 0.3) is 0 Å². The molecule has 0 aliphatic carbocycles. The summed E-state index contributed by atoms with van der Waals surface area (Å²) in [5, 5.41) is 0. The number of carbonyl (C=O) groups excluding carboxylic acids is 1. The molecule has 0 saturated heterocycles. The molecule has 0 saturated carbocycles. The molecule has 0 aromatic heterocycles. The van der Waals surface area contributed by atoms with E-state index < -0.39 is 0 Å². The third-order valence-electron chi connectivity index (χ3n) is 1.46. The highest BCUT2D eigenvalue weighted by molar-refractivity contribution is 7.99. The highest BCUT2D eigenvalue weighted by Gasteiger charge is 2.05. The maximum atomic E-state index is 10.7. The molecular formula is C8H16O4S. The molecule has 13 heavy (non-hydrogen) atoms. The number of hydrogen-bond donors (Lipinski definition) is 0. The van der Waals surface area contributed by atoms with Crippen LogP contribution in [0.5, 0.6) is 0 Å². The van der Waals surface area contributed by atoms with Crippen LogP contribution in [0.1, 0.15) is 6.42 Å². The van der Waals surface area contributed by atoms with Gasteiger partial charge in [-0.05, 0) is 0 Å². The Kier molecular flexibility index (Phi) is 8.18. The number of methoxy groups -OCH3 is 3. The third kappa shape index (κ3) is 6.86. The Balaban J connectivity index is 3.28. The number of ether oxygens (including phenoxy) is 3. The topological polar surface area (TPSA) is 44.8 Å². The van der Waals surface area contributed by atoms with E-state index >= 15 is 0 Å². The van der Waals surface area contributed by atoms with Crippen molar-refractivity contribution in [2.24, 2.45) is 0 Å². The smallest absolute Gasteiger partial charge is 0.306 e. The minimum atomic E-state index is -0.192. The molecular weight excluding hydrogens is 192 g/mol. The summed E-state index contributed by atoms with van der Waals surface area (Å²) in [7, 11) is 4.57. The van der Waals surface area contributed by atoms with Gasteiger partial charge in [-0.15, -0.1) is 0 Å². The highest BCUT2D eigenvalue weighted by atomic mass is 32.2. The molecule has 0 spiro atoms. The lowest BCUT2D eigenvalue weighted by Crippen LogP contribution is -2.16. The maximum absolute atomic E-state index is 10.7. The molecule has 0 N–H and O–H groups in total. The van der Waals surface area contributed by atoms with Crippen molar-refractivity contribution in [1.29, 1.82) is 0 Å². The number of carbonyl (C=O) groups is 1. The highest BCUT2D eigenvalue weighted by Crippen LogP contribution is 2.07. The van der Waals surface area contributed by atoms with Crippen molar-refractivity contribution in [1.82, 2.24) is 0 Å². The van der Waals surface area contributed by atoms with Crippen molar-refractivity contribution in [3.63, 3.8) is 0 Å². The minimum Gasteiger partial charge on any atom is -0.469 e. The fourth-order valence-corrected chi connectivity index (χ4v) is 1.61. The van der Waals surface area contributed by atoms with Gasteiger partial charge in [0.15, 0.2) is 6.29 Å². The fraction of sp³-hybridized carbons (Fsp3) is 0.875. The molecule has 78 valence electrons. The second kappa shape index (κ2) is 8.34. The number of hydrogen-bond acceptors (Lipinski definition) is 5. The molecule has 5 heteroatoms. The summed E-state index contributed by atoms with van der Waals surface area (Å²) in [4.78, 5) is 10.7. The predicted octanol–water partition coefficient (Wildman–Crippen LogP) is 0.902. The van der Waals surface area contributed by atoms with Crippen LogP contribution < -0.4 is 0 Å². The van der Waals surface area contributed by atoms with Crippen LogP contribution in [0.25, 0.3) is 0 Å². The number of esters is 1. The van der Waals surface area contributed by atoms with Crippen LogP contribution in [0.3, 0.4) is 0 Å².